The average molecular weight is 209 g/mol. The molecule has 1 aliphatic carbocycles. The molecule has 1 fully saturated rings. The van der Waals surface area contributed by atoms with Crippen LogP contribution in [0.2, 0.25) is 0 Å². The van der Waals surface area contributed by atoms with Crippen molar-refractivity contribution < 1.29 is 13.2 Å². The maximum Gasteiger partial charge on any atom is 0.390 e. The Morgan fingerprint density at radius 2 is 1.93 bits per heavy atom. The van der Waals surface area contributed by atoms with Gasteiger partial charge in [-0.25, -0.2) is 0 Å². The van der Waals surface area contributed by atoms with Crippen molar-refractivity contribution in [3.05, 3.63) is 0 Å². The molecule has 14 heavy (non-hydrogen) atoms. The van der Waals surface area contributed by atoms with E-state index in [9.17, 15) is 13.2 Å². The van der Waals surface area contributed by atoms with E-state index in [-0.39, 0.29) is 6.54 Å². The molecular weight excluding hydrogens is 191 g/mol. The number of alkyl halides is 3. The van der Waals surface area contributed by atoms with Crippen LogP contribution in [0.15, 0.2) is 0 Å². The van der Waals surface area contributed by atoms with Gasteiger partial charge in [0.05, 0.1) is 6.42 Å². The highest BCUT2D eigenvalue weighted by Crippen LogP contribution is 2.43. The van der Waals surface area contributed by atoms with Crippen molar-refractivity contribution in [3.8, 4) is 0 Å². The molecule has 1 saturated carbocycles. The maximum absolute atomic E-state index is 11.8. The van der Waals surface area contributed by atoms with Crippen LogP contribution in [0.25, 0.3) is 0 Å². The van der Waals surface area contributed by atoms with Crippen molar-refractivity contribution >= 4 is 0 Å². The first kappa shape index (κ1) is 11.8. The molecule has 0 spiro atoms. The Morgan fingerprint density at radius 1 is 1.29 bits per heavy atom. The predicted molar refractivity (Wildman–Crippen MR) is 50.1 cm³/mol. The molecule has 0 aromatic heterocycles. The molecule has 0 atom stereocenters. The van der Waals surface area contributed by atoms with Gasteiger partial charge in [0.1, 0.15) is 0 Å². The largest absolute Gasteiger partial charge is 0.390 e. The molecule has 0 saturated heterocycles. The highest BCUT2D eigenvalue weighted by atomic mass is 19.4. The molecule has 0 aliphatic heterocycles. The molecule has 0 amide bonds. The molecule has 1 nitrogen and oxygen atoms in total. The lowest BCUT2D eigenvalue weighted by Gasteiger charge is -2.41. The lowest BCUT2D eigenvalue weighted by molar-refractivity contribution is -0.133. The zero-order valence-electron chi connectivity index (χ0n) is 8.58. The van der Waals surface area contributed by atoms with Crippen molar-refractivity contribution in [1.82, 2.24) is 5.32 Å². The molecule has 1 N–H and O–H groups in total. The van der Waals surface area contributed by atoms with Gasteiger partial charge >= 0.3 is 6.18 Å². The SMILES string of the molecule is CCC1(CNCCC(F)(F)F)CCC1. The van der Waals surface area contributed by atoms with Crippen molar-refractivity contribution in [2.75, 3.05) is 13.1 Å². The fourth-order valence-corrected chi connectivity index (χ4v) is 1.92. The predicted octanol–water partition coefficient (Wildman–Crippen LogP) is 3.11. The third kappa shape index (κ3) is 3.48. The maximum atomic E-state index is 11.8. The Kier molecular flexibility index (Phi) is 3.81. The van der Waals surface area contributed by atoms with Gasteiger partial charge in [-0.2, -0.15) is 13.2 Å². The van der Waals surface area contributed by atoms with Gasteiger partial charge in [-0.05, 0) is 24.7 Å². The summed E-state index contributed by atoms with van der Waals surface area (Å²) in [5.74, 6) is 0. The van der Waals surface area contributed by atoms with E-state index in [1.807, 2.05) is 0 Å². The fraction of sp³-hybridized carbons (Fsp3) is 1.00. The van der Waals surface area contributed by atoms with Gasteiger partial charge in [0, 0.05) is 13.1 Å². The molecule has 4 heteroatoms. The first-order valence-corrected chi connectivity index (χ1v) is 5.25. The van der Waals surface area contributed by atoms with E-state index in [4.69, 9.17) is 0 Å². The summed E-state index contributed by atoms with van der Waals surface area (Å²) >= 11 is 0. The molecule has 0 aromatic rings. The topological polar surface area (TPSA) is 12.0 Å². The van der Waals surface area contributed by atoms with Gasteiger partial charge in [0.2, 0.25) is 0 Å². The van der Waals surface area contributed by atoms with Gasteiger partial charge in [-0.3, -0.25) is 0 Å². The Balaban J connectivity index is 2.09. The number of halogens is 3. The van der Waals surface area contributed by atoms with Gasteiger partial charge in [-0.15, -0.1) is 0 Å². The second kappa shape index (κ2) is 4.51. The van der Waals surface area contributed by atoms with Crippen LogP contribution in [-0.2, 0) is 0 Å². The van der Waals surface area contributed by atoms with Crippen LogP contribution in [0.4, 0.5) is 13.2 Å². The minimum absolute atomic E-state index is 0.0608. The summed E-state index contributed by atoms with van der Waals surface area (Å²) in [5.41, 5.74) is 0.311. The first-order chi connectivity index (χ1) is 6.47. The summed E-state index contributed by atoms with van der Waals surface area (Å²) in [6, 6.07) is 0. The molecular formula is C10H18F3N. The summed E-state index contributed by atoms with van der Waals surface area (Å²) < 4.78 is 35.4. The van der Waals surface area contributed by atoms with E-state index in [0.717, 1.165) is 13.0 Å². The molecule has 84 valence electrons. The van der Waals surface area contributed by atoms with Crippen LogP contribution in [0, 0.1) is 5.41 Å². The van der Waals surface area contributed by atoms with Crippen molar-refractivity contribution in [1.29, 1.82) is 0 Å². The minimum Gasteiger partial charge on any atom is -0.316 e. The average Bonchev–Trinajstić information content (AvgIpc) is 2.00. The normalized spacial score (nSPS) is 20.6. The molecule has 0 aromatic carbocycles. The van der Waals surface area contributed by atoms with Crippen LogP contribution in [0.1, 0.15) is 39.0 Å². The Bertz CT molecular complexity index is 167. The monoisotopic (exact) mass is 209 g/mol. The summed E-state index contributed by atoms with van der Waals surface area (Å²) in [6.45, 7) is 2.93. The highest BCUT2D eigenvalue weighted by Gasteiger charge is 2.34. The van der Waals surface area contributed by atoms with E-state index in [0.29, 0.717) is 5.41 Å². The third-order valence-corrected chi connectivity index (χ3v) is 3.25. The third-order valence-electron chi connectivity index (χ3n) is 3.25. The molecule has 1 aliphatic rings. The zero-order chi connectivity index (χ0) is 10.7. The summed E-state index contributed by atoms with van der Waals surface area (Å²) in [6.07, 6.45) is -0.0926. The van der Waals surface area contributed by atoms with E-state index in [2.05, 4.69) is 12.2 Å². The molecule has 0 radical (unpaired) electrons. The Labute approximate surface area is 83.1 Å². The van der Waals surface area contributed by atoms with Gasteiger partial charge < -0.3 is 5.32 Å². The van der Waals surface area contributed by atoms with Gasteiger partial charge in [-0.1, -0.05) is 13.3 Å². The number of hydrogen-bond acceptors (Lipinski definition) is 1. The molecule has 0 heterocycles. The quantitative estimate of drug-likeness (QED) is 0.686. The lowest BCUT2D eigenvalue weighted by atomic mass is 9.67. The Morgan fingerprint density at radius 3 is 2.29 bits per heavy atom. The lowest BCUT2D eigenvalue weighted by Crippen LogP contribution is -2.40. The highest BCUT2D eigenvalue weighted by molar-refractivity contribution is 4.88. The van der Waals surface area contributed by atoms with Gasteiger partial charge in [0.15, 0.2) is 0 Å². The van der Waals surface area contributed by atoms with E-state index < -0.39 is 12.6 Å². The van der Waals surface area contributed by atoms with Crippen LogP contribution in [0.3, 0.4) is 0 Å². The number of hydrogen-bond donors (Lipinski definition) is 1. The second-order valence-electron chi connectivity index (χ2n) is 4.25. The summed E-state index contributed by atoms with van der Waals surface area (Å²) in [4.78, 5) is 0. The Hall–Kier alpha value is -0.250. The van der Waals surface area contributed by atoms with E-state index in [1.165, 1.54) is 19.3 Å². The summed E-state index contributed by atoms with van der Waals surface area (Å²) in [7, 11) is 0. The summed E-state index contributed by atoms with van der Waals surface area (Å²) in [5, 5.41) is 2.92. The number of rotatable bonds is 5. The fourth-order valence-electron chi connectivity index (χ4n) is 1.92. The van der Waals surface area contributed by atoms with Crippen molar-refractivity contribution in [2.24, 2.45) is 5.41 Å². The molecule has 0 unspecified atom stereocenters. The second-order valence-corrected chi connectivity index (χ2v) is 4.25. The van der Waals surface area contributed by atoms with Crippen molar-refractivity contribution in [2.45, 2.75) is 45.2 Å². The van der Waals surface area contributed by atoms with Crippen molar-refractivity contribution in [3.63, 3.8) is 0 Å². The first-order valence-electron chi connectivity index (χ1n) is 5.25. The molecule has 1 rings (SSSR count). The van der Waals surface area contributed by atoms with E-state index >= 15 is 0 Å². The van der Waals surface area contributed by atoms with Crippen LogP contribution in [0.5, 0.6) is 0 Å². The van der Waals surface area contributed by atoms with Crippen LogP contribution >= 0.6 is 0 Å². The standard InChI is InChI=1S/C10H18F3N/c1-2-9(4-3-5-9)8-14-7-6-10(11,12)13/h14H,2-8H2,1H3. The van der Waals surface area contributed by atoms with Crippen LogP contribution in [-0.4, -0.2) is 19.3 Å². The van der Waals surface area contributed by atoms with Gasteiger partial charge in [0.25, 0.3) is 0 Å². The van der Waals surface area contributed by atoms with Crippen LogP contribution < -0.4 is 5.32 Å². The minimum atomic E-state index is -4.02. The molecule has 0 bridgehead atoms. The van der Waals surface area contributed by atoms with E-state index in [1.54, 1.807) is 0 Å². The number of nitrogens with one attached hydrogen (secondary N) is 1. The smallest absolute Gasteiger partial charge is 0.316 e. The zero-order valence-corrected chi connectivity index (χ0v) is 8.58.